The minimum atomic E-state index is -1.77. The summed E-state index contributed by atoms with van der Waals surface area (Å²) < 4.78 is 43.1. The number of esters is 5. The number of amides is 2. The van der Waals surface area contributed by atoms with Crippen LogP contribution in [-0.4, -0.2) is 98.4 Å². The lowest BCUT2D eigenvalue weighted by Gasteiger charge is -2.43. The van der Waals surface area contributed by atoms with Crippen molar-refractivity contribution in [2.45, 2.75) is 90.6 Å². The van der Waals surface area contributed by atoms with Gasteiger partial charge >= 0.3 is 35.9 Å². The van der Waals surface area contributed by atoms with Crippen LogP contribution in [0.1, 0.15) is 45.7 Å². The molecule has 17 heteroatoms. The van der Waals surface area contributed by atoms with Gasteiger partial charge in [0, 0.05) is 20.8 Å². The Labute approximate surface area is 305 Å². The van der Waals surface area contributed by atoms with Crippen LogP contribution in [0, 0.1) is 5.92 Å². The zero-order valence-corrected chi connectivity index (χ0v) is 30.1. The summed E-state index contributed by atoms with van der Waals surface area (Å²) in [6, 6.07) is 14.7. The second kappa shape index (κ2) is 20.5. The van der Waals surface area contributed by atoms with E-state index in [2.05, 4.69) is 10.6 Å². The molecule has 0 radical (unpaired) electrons. The van der Waals surface area contributed by atoms with Gasteiger partial charge in [0.25, 0.3) is 0 Å². The molecule has 288 valence electrons. The smallest absolute Gasteiger partial charge is 0.408 e. The Balaban J connectivity index is 1.89. The van der Waals surface area contributed by atoms with Gasteiger partial charge in [0.15, 0.2) is 36.7 Å². The van der Waals surface area contributed by atoms with Crippen LogP contribution >= 0.6 is 0 Å². The van der Waals surface area contributed by atoms with E-state index < -0.39 is 97.2 Å². The number of carbonyl (C=O) groups is 7. The molecule has 1 aliphatic rings. The van der Waals surface area contributed by atoms with Crippen molar-refractivity contribution in [2.24, 2.45) is 5.92 Å². The molecule has 1 fully saturated rings. The van der Waals surface area contributed by atoms with Gasteiger partial charge in [-0.15, -0.1) is 0 Å². The quantitative estimate of drug-likeness (QED) is 0.185. The van der Waals surface area contributed by atoms with Crippen molar-refractivity contribution < 1.29 is 71.5 Å². The zero-order valence-electron chi connectivity index (χ0n) is 30.1. The van der Waals surface area contributed by atoms with Gasteiger partial charge in [-0.05, 0) is 17.0 Å². The molecule has 53 heavy (non-hydrogen) atoms. The Morgan fingerprint density at radius 3 is 1.72 bits per heavy atom. The number of alkyl carbamates (subject to hydrolysis) is 1. The van der Waals surface area contributed by atoms with E-state index in [1.54, 1.807) is 74.5 Å². The molecule has 0 aliphatic carbocycles. The largest absolute Gasteiger partial charge is 0.467 e. The number of nitrogens with one attached hydrogen (secondary N) is 2. The number of ether oxygens (including phenoxy) is 8. The first-order valence-electron chi connectivity index (χ1n) is 16.5. The van der Waals surface area contributed by atoms with E-state index in [0.717, 1.165) is 27.9 Å². The van der Waals surface area contributed by atoms with Gasteiger partial charge in [-0.2, -0.15) is 0 Å². The van der Waals surface area contributed by atoms with Crippen LogP contribution in [0.2, 0.25) is 0 Å². The van der Waals surface area contributed by atoms with E-state index in [0.29, 0.717) is 11.1 Å². The molecule has 1 aliphatic heterocycles. The lowest BCUT2D eigenvalue weighted by Crippen LogP contribution is -2.64. The predicted molar refractivity (Wildman–Crippen MR) is 180 cm³/mol. The molecule has 0 aromatic heterocycles. The summed E-state index contributed by atoms with van der Waals surface area (Å²) in [4.78, 5) is 89.0. The Hall–Kier alpha value is -5.55. The van der Waals surface area contributed by atoms with Crippen molar-refractivity contribution in [2.75, 3.05) is 13.7 Å². The number of hydrogen-bond donors (Lipinski definition) is 2. The summed E-state index contributed by atoms with van der Waals surface area (Å²) in [5, 5.41) is 5.02. The van der Waals surface area contributed by atoms with Crippen molar-refractivity contribution >= 4 is 41.8 Å². The topological polar surface area (TPSA) is 217 Å². The Bertz CT molecular complexity index is 1570. The highest BCUT2D eigenvalue weighted by atomic mass is 16.7. The first kappa shape index (κ1) is 41.9. The molecule has 0 spiro atoms. The highest BCUT2D eigenvalue weighted by Crippen LogP contribution is 2.30. The van der Waals surface area contributed by atoms with Gasteiger partial charge in [0.05, 0.1) is 13.7 Å². The zero-order chi connectivity index (χ0) is 39.1. The second-order valence-electron chi connectivity index (χ2n) is 12.1. The van der Waals surface area contributed by atoms with E-state index in [-0.39, 0.29) is 13.2 Å². The normalized spacial score (nSPS) is 20.5. The van der Waals surface area contributed by atoms with E-state index >= 15 is 0 Å². The predicted octanol–water partition coefficient (Wildman–Crippen LogP) is 1.88. The number of methoxy groups -OCH3 is 1. The van der Waals surface area contributed by atoms with Gasteiger partial charge in [0.1, 0.15) is 19.3 Å². The van der Waals surface area contributed by atoms with Crippen LogP contribution in [0.3, 0.4) is 0 Å². The van der Waals surface area contributed by atoms with Gasteiger partial charge in [-0.1, -0.05) is 74.5 Å². The molecule has 2 N–H and O–H groups in total. The van der Waals surface area contributed by atoms with Crippen molar-refractivity contribution in [3.05, 3.63) is 71.8 Å². The van der Waals surface area contributed by atoms with Crippen LogP contribution in [0.4, 0.5) is 4.79 Å². The van der Waals surface area contributed by atoms with Crippen molar-refractivity contribution in [3.8, 4) is 0 Å². The molecule has 0 saturated carbocycles. The van der Waals surface area contributed by atoms with Crippen molar-refractivity contribution in [1.29, 1.82) is 0 Å². The highest BCUT2D eigenvalue weighted by molar-refractivity contribution is 5.90. The number of carbonyl (C=O) groups excluding carboxylic acids is 7. The highest BCUT2D eigenvalue weighted by Gasteiger charge is 2.55. The number of benzene rings is 2. The maximum atomic E-state index is 13.6. The van der Waals surface area contributed by atoms with E-state index in [1.165, 1.54) is 0 Å². The van der Waals surface area contributed by atoms with Gasteiger partial charge in [-0.3, -0.25) is 19.2 Å². The maximum absolute atomic E-state index is 13.6. The lowest BCUT2D eigenvalue weighted by molar-refractivity contribution is -0.302. The van der Waals surface area contributed by atoms with E-state index in [1.807, 2.05) is 0 Å². The molecule has 2 aromatic carbocycles. The number of rotatable bonds is 16. The van der Waals surface area contributed by atoms with Gasteiger partial charge in [-0.25, -0.2) is 14.4 Å². The van der Waals surface area contributed by atoms with Crippen molar-refractivity contribution in [3.63, 3.8) is 0 Å². The summed E-state index contributed by atoms with van der Waals surface area (Å²) >= 11 is 0. The fourth-order valence-corrected chi connectivity index (χ4v) is 5.09. The van der Waals surface area contributed by atoms with Crippen LogP contribution < -0.4 is 10.6 Å². The summed E-state index contributed by atoms with van der Waals surface area (Å²) in [6.07, 6.45) is -9.40. The Morgan fingerprint density at radius 2 is 1.21 bits per heavy atom. The van der Waals surface area contributed by atoms with E-state index in [4.69, 9.17) is 37.9 Å². The third-order valence-corrected chi connectivity index (χ3v) is 7.52. The van der Waals surface area contributed by atoms with Crippen LogP contribution in [0.5, 0.6) is 0 Å². The third-order valence-electron chi connectivity index (χ3n) is 7.52. The van der Waals surface area contributed by atoms with Crippen LogP contribution in [0.15, 0.2) is 60.7 Å². The standard InChI is InChI=1S/C36H44N2O15/c1-20(2)27(38-36(45)49-18-25-15-11-8-12-16-25)32(42)37-26(33(43)47-17-24-13-9-7-10-14-24)19-48-35-31(52-23(5)41)29(51-22(4)40)28(50-21(3)39)30(53-35)34(44)46-6/h7-16,20,26-31,35H,17-19H2,1-6H3,(H,37,42)(H,38,45)/t26-,27-,28-,29-,30-,31+,35+/m0/s1. The monoisotopic (exact) mass is 744 g/mol. The minimum Gasteiger partial charge on any atom is -0.467 e. The van der Waals surface area contributed by atoms with Gasteiger partial charge < -0.3 is 48.5 Å². The fourth-order valence-electron chi connectivity index (χ4n) is 5.09. The average Bonchev–Trinajstić information content (AvgIpc) is 3.12. The molecule has 3 rings (SSSR count). The molecular weight excluding hydrogens is 700 g/mol. The summed E-state index contributed by atoms with van der Waals surface area (Å²) in [5.74, 6) is -6.07. The summed E-state index contributed by atoms with van der Waals surface area (Å²) in [7, 11) is 1.02. The summed E-state index contributed by atoms with van der Waals surface area (Å²) in [6.45, 7) is 5.41. The summed E-state index contributed by atoms with van der Waals surface area (Å²) in [5.41, 5.74) is 1.34. The second-order valence-corrected chi connectivity index (χ2v) is 12.1. The molecule has 2 aromatic rings. The molecule has 1 saturated heterocycles. The molecular formula is C36H44N2O15. The first-order chi connectivity index (χ1) is 25.2. The SMILES string of the molecule is COC(=O)[C@H]1O[C@@H](OC[C@H](NC(=O)[C@@H](NC(=O)OCc2ccccc2)C(C)C)C(=O)OCc2ccccc2)[C@H](OC(C)=O)[C@@H](OC(C)=O)[C@@H]1OC(C)=O. The minimum absolute atomic E-state index is 0.0640. The van der Waals surface area contributed by atoms with Crippen LogP contribution in [0.25, 0.3) is 0 Å². The molecule has 1 heterocycles. The average molecular weight is 745 g/mol. The first-order valence-corrected chi connectivity index (χ1v) is 16.5. The van der Waals surface area contributed by atoms with Gasteiger partial charge in [0.2, 0.25) is 5.91 Å². The number of hydrogen-bond acceptors (Lipinski definition) is 15. The molecule has 0 unspecified atom stereocenters. The molecule has 2 amide bonds. The molecule has 0 bridgehead atoms. The lowest BCUT2D eigenvalue weighted by atomic mass is 9.97. The fraction of sp³-hybridized carbons (Fsp3) is 0.472. The van der Waals surface area contributed by atoms with Crippen LogP contribution in [-0.2, 0) is 79.9 Å². The molecule has 7 atom stereocenters. The van der Waals surface area contributed by atoms with E-state index in [9.17, 15) is 33.6 Å². The maximum Gasteiger partial charge on any atom is 0.408 e. The molecule has 17 nitrogen and oxygen atoms in total. The van der Waals surface area contributed by atoms with Crippen molar-refractivity contribution in [1.82, 2.24) is 10.6 Å². The Morgan fingerprint density at radius 1 is 0.698 bits per heavy atom. The third kappa shape index (κ3) is 13.2. The Kier molecular flexibility index (Phi) is 16.2.